The molecule has 0 saturated carbocycles. The lowest BCUT2D eigenvalue weighted by molar-refractivity contribution is -0.322. The summed E-state index contributed by atoms with van der Waals surface area (Å²) < 4.78 is 37.8. The van der Waals surface area contributed by atoms with Crippen LogP contribution < -0.4 is 14.7 Å². The molecule has 160 valence electrons. The Morgan fingerprint density at radius 3 is 2.00 bits per heavy atom. The smallest absolute Gasteiger partial charge is 0.268 e. The van der Waals surface area contributed by atoms with Gasteiger partial charge in [-0.05, 0) is 13.8 Å². The van der Waals surface area contributed by atoms with Gasteiger partial charge in [-0.3, -0.25) is 4.57 Å². The van der Waals surface area contributed by atoms with Gasteiger partial charge in [0.2, 0.25) is 0 Å². The van der Waals surface area contributed by atoms with E-state index in [1.165, 1.54) is 0 Å². The lowest BCUT2D eigenvalue weighted by atomic mass is 10.00. The monoisotopic (exact) mass is 447 g/mol. The number of ether oxygens (including phenoxy) is 2. The largest absolute Gasteiger partial charge is 0.812 e. The highest BCUT2D eigenvalue weighted by molar-refractivity contribution is 8.05. The Balaban J connectivity index is 1.95. The maximum absolute atomic E-state index is 12.2. The van der Waals surface area contributed by atoms with E-state index in [2.05, 4.69) is 16.3 Å². The summed E-state index contributed by atoms with van der Waals surface area (Å²) in [6.07, 6.45) is -4.21. The summed E-state index contributed by atoms with van der Waals surface area (Å²) in [5.41, 5.74) is 0. The van der Waals surface area contributed by atoms with Crippen molar-refractivity contribution in [2.24, 2.45) is 11.8 Å². The number of phosphoric acid groups is 1. The van der Waals surface area contributed by atoms with Crippen LogP contribution in [0.25, 0.3) is 0 Å². The molecule has 2 aliphatic rings. The van der Waals surface area contributed by atoms with Crippen LogP contribution in [0, 0.1) is 11.8 Å². The van der Waals surface area contributed by atoms with Gasteiger partial charge in [-0.2, -0.15) is 0 Å². The molecule has 0 aromatic heterocycles. The minimum absolute atomic E-state index is 0.155. The first-order valence-corrected chi connectivity index (χ1v) is 12.6. The predicted molar refractivity (Wildman–Crippen MR) is 91.7 cm³/mol. The average Bonchev–Trinajstić information content (AvgIpc) is 2.95. The summed E-state index contributed by atoms with van der Waals surface area (Å²) in [6.45, 7) is 1.72. The highest BCUT2D eigenvalue weighted by Crippen LogP contribution is 2.46. The third-order valence-corrected chi connectivity index (χ3v) is 6.86. The molecular weight excluding hydrogens is 422 g/mol. The summed E-state index contributed by atoms with van der Waals surface area (Å²) in [4.78, 5) is 34.3. The molecule has 1 N–H and O–H groups in total. The average molecular weight is 447 g/mol. The Labute approximate surface area is 163 Å². The van der Waals surface area contributed by atoms with Gasteiger partial charge in [0.1, 0.15) is 12.2 Å². The number of phosphoric ester groups is 1. The second kappa shape index (κ2) is 9.12. The lowest BCUT2D eigenvalue weighted by Crippen LogP contribution is -2.35. The van der Waals surface area contributed by atoms with Crippen LogP contribution >= 0.6 is 14.5 Å². The molecule has 10 nitrogen and oxygen atoms in total. The first-order valence-electron chi connectivity index (χ1n) is 8.60. The quantitative estimate of drug-likeness (QED) is 0.457. The topological polar surface area (TPSA) is 153 Å². The zero-order valence-corrected chi connectivity index (χ0v) is 18.1. The summed E-state index contributed by atoms with van der Waals surface area (Å²) in [5.74, 6) is -0.522. The Bertz CT molecular complexity index is 600. The summed E-state index contributed by atoms with van der Waals surface area (Å²) in [5, 5.41) is 10.0. The van der Waals surface area contributed by atoms with Crippen LogP contribution in [0.15, 0.2) is 0 Å². The molecule has 2 saturated heterocycles. The van der Waals surface area contributed by atoms with E-state index >= 15 is 0 Å². The third kappa shape index (κ3) is 6.50. The molecule has 0 radical (unpaired) electrons. The van der Waals surface area contributed by atoms with Crippen molar-refractivity contribution >= 4 is 26.3 Å². The normalized spacial score (nSPS) is 42.4. The van der Waals surface area contributed by atoms with Crippen LogP contribution in [0.2, 0.25) is 0 Å². The molecule has 0 amide bonds. The molecule has 2 aliphatic heterocycles. The van der Waals surface area contributed by atoms with E-state index in [0.717, 1.165) is 0 Å². The first-order chi connectivity index (χ1) is 12.3. The second-order valence-electron chi connectivity index (χ2n) is 7.02. The zero-order chi connectivity index (χ0) is 20.6. The van der Waals surface area contributed by atoms with Gasteiger partial charge >= 0.3 is 0 Å². The van der Waals surface area contributed by atoms with Crippen LogP contribution in [0.5, 0.6) is 0 Å². The third-order valence-electron chi connectivity index (χ3n) is 5.11. The van der Waals surface area contributed by atoms with Gasteiger partial charge in [-0.15, -0.1) is 11.8 Å². The number of hydrogen-bond acceptors (Lipinski definition) is 11. The molecule has 13 heteroatoms. The van der Waals surface area contributed by atoms with E-state index in [4.69, 9.17) is 18.5 Å². The van der Waals surface area contributed by atoms with E-state index in [1.807, 2.05) is 0 Å². The van der Waals surface area contributed by atoms with E-state index in [0.29, 0.717) is 0 Å². The Kier molecular flexibility index (Phi) is 8.04. The molecule has 0 aromatic carbocycles. The van der Waals surface area contributed by atoms with Crippen molar-refractivity contribution < 1.29 is 47.4 Å². The van der Waals surface area contributed by atoms with Gasteiger partial charge in [0.25, 0.3) is 7.82 Å². The van der Waals surface area contributed by atoms with Crippen molar-refractivity contribution in [2.45, 2.75) is 64.3 Å². The van der Waals surface area contributed by atoms with Crippen molar-refractivity contribution in [1.82, 2.24) is 0 Å². The molecule has 1 unspecified atom stereocenters. The van der Waals surface area contributed by atoms with Crippen LogP contribution in [0.1, 0.15) is 27.7 Å². The SMILES string of the molecule is C[C@@H]1[C@H](O)[C@@H](COP(=O)([O-])O[C@H]2[C@@H](C)[C@H](C)O[C@@H]2COP([O-])([O-])=S)O[C@H]1C. The summed E-state index contributed by atoms with van der Waals surface area (Å²) in [7, 11) is -4.78. The minimum atomic E-state index is -4.78. The molecule has 9 atom stereocenters. The van der Waals surface area contributed by atoms with E-state index in [-0.39, 0.29) is 24.0 Å². The maximum atomic E-state index is 12.2. The minimum Gasteiger partial charge on any atom is -0.812 e. The molecule has 27 heavy (non-hydrogen) atoms. The summed E-state index contributed by atoms with van der Waals surface area (Å²) in [6, 6.07) is 0. The number of aliphatic hydroxyl groups is 1. The van der Waals surface area contributed by atoms with Crippen molar-refractivity contribution in [2.75, 3.05) is 13.2 Å². The van der Waals surface area contributed by atoms with E-state index < -0.39 is 52.2 Å². The molecule has 2 heterocycles. The Hall–Kier alpha value is 0.520. The van der Waals surface area contributed by atoms with Gasteiger partial charge in [0.15, 0.2) is 0 Å². The maximum Gasteiger partial charge on any atom is 0.268 e. The highest BCUT2D eigenvalue weighted by atomic mass is 32.5. The van der Waals surface area contributed by atoms with Crippen LogP contribution in [0.4, 0.5) is 0 Å². The zero-order valence-electron chi connectivity index (χ0n) is 15.5. The fourth-order valence-corrected chi connectivity index (χ4v) is 4.65. The highest BCUT2D eigenvalue weighted by Gasteiger charge is 2.43. The standard InChI is InChI=1S/C14H28O10P2S/c1-7-9(3)22-11(13(7)15)5-20-25(16,17)24-14-8(2)10(4)23-12(14)6-21-26(18,19)27/h7-15H,5-6H2,1-4H3,(H,16,17)(H2,18,19,27)/p-3/t7-,8-,9-,10-,11+,12+,13-,14-/m0/s1. The molecule has 0 aliphatic carbocycles. The molecule has 0 bridgehead atoms. The Morgan fingerprint density at radius 2 is 1.48 bits per heavy atom. The predicted octanol–water partition coefficient (Wildman–Crippen LogP) is -0.974. The molecular formula is C14H25O10P2S-3. The van der Waals surface area contributed by atoms with Crippen molar-refractivity contribution in [3.8, 4) is 0 Å². The molecule has 2 rings (SSSR count). The number of aliphatic hydroxyl groups excluding tert-OH is 1. The van der Waals surface area contributed by atoms with Crippen molar-refractivity contribution in [3.63, 3.8) is 0 Å². The number of rotatable bonds is 8. The van der Waals surface area contributed by atoms with Crippen LogP contribution in [0.3, 0.4) is 0 Å². The van der Waals surface area contributed by atoms with Gasteiger partial charge in [-0.25, -0.2) is 0 Å². The second-order valence-corrected chi connectivity index (χ2v) is 10.9. The van der Waals surface area contributed by atoms with Gasteiger partial charge in [-0.1, -0.05) is 20.6 Å². The van der Waals surface area contributed by atoms with E-state index in [1.54, 1.807) is 27.7 Å². The Morgan fingerprint density at radius 1 is 0.963 bits per heavy atom. The van der Waals surface area contributed by atoms with Crippen LogP contribution in [-0.2, 0) is 39.4 Å². The first kappa shape index (κ1) is 23.8. The van der Waals surface area contributed by atoms with Crippen molar-refractivity contribution in [1.29, 1.82) is 0 Å². The van der Waals surface area contributed by atoms with Crippen LogP contribution in [-0.4, -0.2) is 54.9 Å². The molecule has 0 spiro atoms. The van der Waals surface area contributed by atoms with Crippen molar-refractivity contribution in [3.05, 3.63) is 0 Å². The fourth-order valence-electron chi connectivity index (χ4n) is 3.12. The van der Waals surface area contributed by atoms with E-state index in [9.17, 15) is 24.4 Å². The summed E-state index contributed by atoms with van der Waals surface area (Å²) >= 11 is 4.16. The fraction of sp³-hybridized carbons (Fsp3) is 1.00. The van der Waals surface area contributed by atoms with Gasteiger partial charge in [0, 0.05) is 11.8 Å². The molecule has 2 fully saturated rings. The van der Waals surface area contributed by atoms with Gasteiger partial charge < -0.3 is 42.8 Å². The lowest BCUT2D eigenvalue weighted by Gasteiger charge is -2.36. The molecule has 0 aromatic rings. The van der Waals surface area contributed by atoms with Gasteiger partial charge in [0.05, 0.1) is 37.6 Å². The number of hydrogen-bond donors (Lipinski definition) is 1.